The zero-order valence-electron chi connectivity index (χ0n) is 22.1. The summed E-state index contributed by atoms with van der Waals surface area (Å²) in [6.07, 6.45) is 3.94. The first-order chi connectivity index (χ1) is 18.8. The van der Waals surface area contributed by atoms with Crippen LogP contribution in [-0.2, 0) is 16.0 Å². The summed E-state index contributed by atoms with van der Waals surface area (Å²) in [5.41, 5.74) is 5.01. The van der Waals surface area contributed by atoms with E-state index >= 15 is 0 Å². The lowest BCUT2D eigenvalue weighted by Crippen LogP contribution is -2.36. The average Bonchev–Trinajstić information content (AvgIpc) is 2.94. The van der Waals surface area contributed by atoms with Gasteiger partial charge in [-0.1, -0.05) is 41.9 Å². The summed E-state index contributed by atoms with van der Waals surface area (Å²) in [5.74, 6) is -0.340. The molecule has 3 aromatic carbocycles. The van der Waals surface area contributed by atoms with Crippen LogP contribution in [0, 0.1) is 0 Å². The van der Waals surface area contributed by atoms with E-state index in [1.54, 1.807) is 24.3 Å². The number of hydrogen-bond acceptors (Lipinski definition) is 4. The van der Waals surface area contributed by atoms with Gasteiger partial charge in [0.05, 0.1) is 6.54 Å². The second kappa shape index (κ2) is 13.4. The van der Waals surface area contributed by atoms with Crippen molar-refractivity contribution in [2.24, 2.45) is 0 Å². The zero-order chi connectivity index (χ0) is 27.8. The fourth-order valence-corrected chi connectivity index (χ4v) is 5.28. The molecule has 0 bridgehead atoms. The van der Waals surface area contributed by atoms with Gasteiger partial charge in [0.2, 0.25) is 5.91 Å². The molecule has 2 aliphatic rings. The number of rotatable bonds is 5. The van der Waals surface area contributed by atoms with Crippen LogP contribution in [0.15, 0.2) is 72.8 Å². The number of anilines is 2. The lowest BCUT2D eigenvalue weighted by atomic mass is 9.89. The van der Waals surface area contributed by atoms with Crippen LogP contribution in [-0.4, -0.2) is 54.0 Å². The predicted molar refractivity (Wildman–Crippen MR) is 155 cm³/mol. The summed E-state index contributed by atoms with van der Waals surface area (Å²) in [4.78, 5) is 38.4. The first-order valence-corrected chi connectivity index (χ1v) is 13.6. The van der Waals surface area contributed by atoms with Crippen molar-refractivity contribution in [2.45, 2.75) is 38.5 Å². The highest BCUT2D eigenvalue weighted by Crippen LogP contribution is 2.30. The number of carboxylic acid groups (broad SMARTS) is 1. The summed E-state index contributed by atoms with van der Waals surface area (Å²) in [6, 6.07) is 23.2. The Labute approximate surface area is 234 Å². The number of hydrogen-bond donors (Lipinski definition) is 2. The number of fused-ring (bicyclic) bond motifs is 1. The molecule has 2 amide bonds. The molecule has 2 heterocycles. The van der Waals surface area contributed by atoms with Crippen LogP contribution in [0.25, 0.3) is 0 Å². The first kappa shape index (κ1) is 28.3. The number of amides is 2. The van der Waals surface area contributed by atoms with Gasteiger partial charge in [-0.3, -0.25) is 19.3 Å². The minimum absolute atomic E-state index is 0.0648. The molecule has 2 aliphatic heterocycles. The Morgan fingerprint density at radius 3 is 2.23 bits per heavy atom. The van der Waals surface area contributed by atoms with E-state index in [0.717, 1.165) is 62.3 Å². The third-order valence-corrected chi connectivity index (χ3v) is 7.35. The number of nitrogens with zero attached hydrogens (tertiary/aromatic N) is 2. The summed E-state index contributed by atoms with van der Waals surface area (Å²) < 4.78 is 0. The number of nitrogens with one attached hydrogen (secondary N) is 1. The molecule has 5 rings (SSSR count). The summed E-state index contributed by atoms with van der Waals surface area (Å²) in [6.45, 7) is 3.97. The first-order valence-electron chi connectivity index (χ1n) is 13.3. The molecular formula is C31H34ClN3O4. The Hall–Kier alpha value is -3.68. The molecule has 3 aromatic rings. The topological polar surface area (TPSA) is 90.0 Å². The van der Waals surface area contributed by atoms with Gasteiger partial charge in [0.25, 0.3) is 5.91 Å². The molecule has 7 nitrogen and oxygen atoms in total. The summed E-state index contributed by atoms with van der Waals surface area (Å²) in [7, 11) is 0. The van der Waals surface area contributed by atoms with Crippen LogP contribution in [0.2, 0.25) is 5.02 Å². The number of aryl methyl sites for hydroxylation is 1. The predicted octanol–water partition coefficient (Wildman–Crippen LogP) is 5.84. The SMILES string of the molecule is CC(=O)Nc1ccc(Cl)cc1.O=C(O)CN1CCC(c2ccc(C(=O)N3CCCc4ccccc43)cc2)CC1. The number of aliphatic carboxylic acids is 1. The van der Waals surface area contributed by atoms with Gasteiger partial charge in [-0.05, 0) is 98.3 Å². The van der Waals surface area contributed by atoms with Crippen molar-refractivity contribution in [1.29, 1.82) is 0 Å². The van der Waals surface area contributed by atoms with Crippen LogP contribution in [0.5, 0.6) is 0 Å². The van der Waals surface area contributed by atoms with Crippen LogP contribution in [0.3, 0.4) is 0 Å². The maximum Gasteiger partial charge on any atom is 0.317 e. The standard InChI is InChI=1S/C23H26N2O3.C8H8ClNO/c26-22(27)16-24-14-11-18(12-15-24)17-7-9-20(10-8-17)23(28)25-13-3-5-19-4-1-2-6-21(19)25;1-6(11)10-8-4-2-7(9)3-5-8/h1-2,4,6-10,18H,3,5,11-16H2,(H,26,27);2-5H,1H3,(H,10,11). The smallest absolute Gasteiger partial charge is 0.317 e. The van der Waals surface area contributed by atoms with Crippen LogP contribution in [0.1, 0.15) is 53.6 Å². The van der Waals surface area contributed by atoms with Crippen LogP contribution >= 0.6 is 11.6 Å². The summed E-state index contributed by atoms with van der Waals surface area (Å²) in [5, 5.41) is 12.2. The Kier molecular flexibility index (Phi) is 9.74. The van der Waals surface area contributed by atoms with E-state index in [2.05, 4.69) is 23.5 Å². The van der Waals surface area contributed by atoms with Gasteiger partial charge >= 0.3 is 5.97 Å². The Morgan fingerprint density at radius 2 is 1.59 bits per heavy atom. The van der Waals surface area contributed by atoms with Crippen molar-refractivity contribution in [3.63, 3.8) is 0 Å². The molecular weight excluding hydrogens is 514 g/mol. The highest BCUT2D eigenvalue weighted by atomic mass is 35.5. The van der Waals surface area contributed by atoms with Crippen molar-refractivity contribution in [2.75, 3.05) is 36.4 Å². The number of piperidine rings is 1. The number of para-hydroxylation sites is 1. The second-order valence-electron chi connectivity index (χ2n) is 9.94. The minimum Gasteiger partial charge on any atom is -0.480 e. The van der Waals surface area contributed by atoms with Gasteiger partial charge in [-0.15, -0.1) is 0 Å². The molecule has 1 saturated heterocycles. The van der Waals surface area contributed by atoms with Crippen LogP contribution in [0.4, 0.5) is 11.4 Å². The molecule has 0 atom stereocenters. The van der Waals surface area contributed by atoms with Gasteiger partial charge in [0.15, 0.2) is 0 Å². The largest absolute Gasteiger partial charge is 0.480 e. The Balaban J connectivity index is 0.000000270. The molecule has 0 saturated carbocycles. The third-order valence-electron chi connectivity index (χ3n) is 7.10. The maximum atomic E-state index is 13.1. The Morgan fingerprint density at radius 1 is 0.923 bits per heavy atom. The van der Waals surface area contributed by atoms with Gasteiger partial charge in [0.1, 0.15) is 0 Å². The van der Waals surface area contributed by atoms with Gasteiger partial charge in [0, 0.05) is 35.4 Å². The van der Waals surface area contributed by atoms with E-state index in [1.807, 2.05) is 40.1 Å². The van der Waals surface area contributed by atoms with Crippen molar-refractivity contribution >= 4 is 40.8 Å². The van der Waals surface area contributed by atoms with Gasteiger partial charge in [-0.2, -0.15) is 0 Å². The van der Waals surface area contributed by atoms with Crippen molar-refractivity contribution < 1.29 is 19.5 Å². The second-order valence-corrected chi connectivity index (χ2v) is 10.4. The molecule has 0 aromatic heterocycles. The minimum atomic E-state index is -0.763. The number of carbonyl (C=O) groups is 3. The van der Waals surface area contributed by atoms with E-state index in [0.29, 0.717) is 10.9 Å². The number of benzene rings is 3. The highest BCUT2D eigenvalue weighted by molar-refractivity contribution is 6.30. The number of carboxylic acids is 1. The third kappa shape index (κ3) is 7.91. The van der Waals surface area contributed by atoms with Crippen LogP contribution < -0.4 is 10.2 Å². The van der Waals surface area contributed by atoms with Crippen molar-refractivity contribution in [1.82, 2.24) is 4.90 Å². The van der Waals surface area contributed by atoms with E-state index < -0.39 is 5.97 Å². The quantitative estimate of drug-likeness (QED) is 0.419. The van der Waals surface area contributed by atoms with E-state index in [-0.39, 0.29) is 18.4 Å². The Bertz CT molecular complexity index is 1290. The zero-order valence-corrected chi connectivity index (χ0v) is 22.9. The molecule has 1 fully saturated rings. The number of carbonyl (C=O) groups excluding carboxylic acids is 2. The molecule has 0 spiro atoms. The monoisotopic (exact) mass is 547 g/mol. The highest BCUT2D eigenvalue weighted by Gasteiger charge is 2.25. The van der Waals surface area contributed by atoms with Crippen molar-refractivity contribution in [3.05, 3.63) is 94.5 Å². The van der Waals surface area contributed by atoms with E-state index in [4.69, 9.17) is 16.7 Å². The van der Waals surface area contributed by atoms with Gasteiger partial charge in [-0.25, -0.2) is 0 Å². The normalized spacial score (nSPS) is 15.5. The number of likely N-dealkylation sites (tertiary alicyclic amines) is 1. The molecule has 204 valence electrons. The molecule has 2 N–H and O–H groups in total. The maximum absolute atomic E-state index is 13.1. The lowest BCUT2D eigenvalue weighted by molar-refractivity contribution is -0.138. The summed E-state index contributed by atoms with van der Waals surface area (Å²) >= 11 is 5.64. The molecule has 0 aliphatic carbocycles. The van der Waals surface area contributed by atoms with E-state index in [1.165, 1.54) is 18.1 Å². The fourth-order valence-electron chi connectivity index (χ4n) is 5.15. The number of halogens is 1. The molecule has 39 heavy (non-hydrogen) atoms. The van der Waals surface area contributed by atoms with E-state index in [9.17, 15) is 14.4 Å². The molecule has 8 heteroatoms. The average molecular weight is 548 g/mol. The fraction of sp³-hybridized carbons (Fsp3) is 0.323. The molecule has 0 radical (unpaired) electrons. The lowest BCUT2D eigenvalue weighted by Gasteiger charge is -2.31. The molecule has 0 unspecified atom stereocenters. The van der Waals surface area contributed by atoms with Crippen molar-refractivity contribution in [3.8, 4) is 0 Å². The van der Waals surface area contributed by atoms with Gasteiger partial charge < -0.3 is 15.3 Å².